The van der Waals surface area contributed by atoms with E-state index in [9.17, 15) is 0 Å². The minimum atomic E-state index is -2.09. The molecule has 0 fully saturated rings. The Morgan fingerprint density at radius 2 is 2.14 bits per heavy atom. The highest BCUT2D eigenvalue weighted by molar-refractivity contribution is 5.39. The summed E-state index contributed by atoms with van der Waals surface area (Å²) in [6.45, 7) is 1.75. The van der Waals surface area contributed by atoms with Crippen molar-refractivity contribution in [2.45, 2.75) is 6.85 Å². The molecule has 0 radical (unpaired) electrons. The lowest BCUT2D eigenvalue weighted by Gasteiger charge is -2.17. The van der Waals surface area contributed by atoms with Gasteiger partial charge in [0, 0.05) is 4.11 Å². The van der Waals surface area contributed by atoms with Crippen LogP contribution < -0.4 is 0 Å². The smallest absolute Gasteiger partial charge is 0.146 e. The number of benzene rings is 1. The third kappa shape index (κ3) is 1.62. The summed E-state index contributed by atoms with van der Waals surface area (Å²) in [4.78, 5) is 0. The Labute approximate surface area is 88.9 Å². The van der Waals surface area contributed by atoms with E-state index in [1.165, 1.54) is 0 Å². The van der Waals surface area contributed by atoms with Gasteiger partial charge in [-0.1, -0.05) is 18.2 Å². The Bertz CT molecular complexity index is 483. The summed E-state index contributed by atoms with van der Waals surface area (Å²) in [5.41, 5.74) is 1.31. The van der Waals surface area contributed by atoms with Gasteiger partial charge in [-0.15, -0.1) is 18.2 Å². The SMILES string of the molecule is [2H]C([2H])([2H])C1=C[N+](=C)[C-](c2ccccc2)C=C1. The topological polar surface area (TPSA) is 3.01 Å². The summed E-state index contributed by atoms with van der Waals surface area (Å²) in [6.07, 6.45) is 4.95. The summed E-state index contributed by atoms with van der Waals surface area (Å²) < 4.78 is 23.6. The summed E-state index contributed by atoms with van der Waals surface area (Å²) in [6, 6.07) is 10.6. The van der Waals surface area contributed by atoms with Gasteiger partial charge in [0.05, 0.1) is 6.72 Å². The Kier molecular flexibility index (Phi) is 1.48. The van der Waals surface area contributed by atoms with Crippen molar-refractivity contribution in [2.75, 3.05) is 0 Å². The average Bonchev–Trinajstić information content (AvgIpc) is 2.29. The molecule has 0 aliphatic carbocycles. The molecule has 0 atom stereocenters. The van der Waals surface area contributed by atoms with E-state index in [0.29, 0.717) is 5.57 Å². The molecule has 0 unspecified atom stereocenters. The van der Waals surface area contributed by atoms with Crippen molar-refractivity contribution in [2.24, 2.45) is 0 Å². The molecule has 0 aromatic heterocycles. The molecule has 0 N–H and O–H groups in total. The fourth-order valence-corrected chi connectivity index (χ4v) is 1.42. The van der Waals surface area contributed by atoms with E-state index >= 15 is 0 Å². The zero-order chi connectivity index (χ0) is 12.5. The van der Waals surface area contributed by atoms with Gasteiger partial charge >= 0.3 is 0 Å². The third-order valence-corrected chi connectivity index (χ3v) is 2.09. The lowest BCUT2D eigenvalue weighted by molar-refractivity contribution is -0.418. The van der Waals surface area contributed by atoms with Crippen LogP contribution >= 0.6 is 0 Å². The summed E-state index contributed by atoms with van der Waals surface area (Å²) in [5, 5.41) is 0. The monoisotopic (exact) mass is 186 g/mol. The Hall–Kier alpha value is -1.76. The van der Waals surface area contributed by atoms with E-state index in [1.54, 1.807) is 22.9 Å². The van der Waals surface area contributed by atoms with E-state index in [0.717, 1.165) is 11.6 Å². The molecular formula is C13H13N. The number of hydrogen-bond donors (Lipinski definition) is 0. The minimum absolute atomic E-state index is 0.298. The predicted molar refractivity (Wildman–Crippen MR) is 59.1 cm³/mol. The molecule has 1 aromatic carbocycles. The largest absolute Gasteiger partial charge is 0.255 e. The van der Waals surface area contributed by atoms with Crippen LogP contribution in [0.3, 0.4) is 0 Å². The first kappa shape index (κ1) is 5.86. The Morgan fingerprint density at radius 3 is 2.79 bits per heavy atom. The van der Waals surface area contributed by atoms with Gasteiger partial charge in [0.2, 0.25) is 0 Å². The van der Waals surface area contributed by atoms with Crippen LogP contribution in [0.1, 0.15) is 16.5 Å². The maximum absolute atomic E-state index is 7.34. The van der Waals surface area contributed by atoms with E-state index in [2.05, 4.69) is 6.72 Å². The van der Waals surface area contributed by atoms with Crippen LogP contribution in [-0.2, 0) is 0 Å². The molecule has 1 aliphatic rings. The lowest BCUT2D eigenvalue weighted by atomic mass is 10.0. The first-order chi connectivity index (χ1) is 7.98. The zero-order valence-electron chi connectivity index (χ0n) is 10.8. The van der Waals surface area contributed by atoms with E-state index in [1.807, 2.05) is 30.3 Å². The maximum atomic E-state index is 7.34. The van der Waals surface area contributed by atoms with Gasteiger partial charge in [0.15, 0.2) is 0 Å². The summed E-state index contributed by atoms with van der Waals surface area (Å²) in [5.74, 6) is 0. The van der Waals surface area contributed by atoms with Gasteiger partial charge in [-0.2, -0.15) is 0 Å². The molecule has 1 heterocycles. The summed E-state index contributed by atoms with van der Waals surface area (Å²) >= 11 is 0. The first-order valence-corrected chi connectivity index (χ1v) is 4.41. The maximum Gasteiger partial charge on any atom is 0.146 e. The van der Waals surface area contributed by atoms with Crippen LogP contribution in [-0.4, -0.2) is 11.3 Å². The Balaban J connectivity index is 2.27. The van der Waals surface area contributed by atoms with Crippen molar-refractivity contribution >= 4 is 6.72 Å². The van der Waals surface area contributed by atoms with Crippen LogP contribution in [0.15, 0.2) is 54.3 Å². The molecule has 0 amide bonds. The van der Waals surface area contributed by atoms with Crippen molar-refractivity contribution in [3.63, 3.8) is 0 Å². The fraction of sp³-hybridized carbons (Fsp3) is 0.0769. The van der Waals surface area contributed by atoms with Gasteiger partial charge in [0.25, 0.3) is 0 Å². The van der Waals surface area contributed by atoms with Crippen molar-refractivity contribution in [1.29, 1.82) is 0 Å². The second kappa shape index (κ2) is 3.54. The van der Waals surface area contributed by atoms with E-state index in [-0.39, 0.29) is 0 Å². The molecule has 0 saturated carbocycles. The van der Waals surface area contributed by atoms with Crippen molar-refractivity contribution < 1.29 is 8.69 Å². The van der Waals surface area contributed by atoms with Crippen molar-refractivity contribution in [1.82, 2.24) is 0 Å². The lowest BCUT2D eigenvalue weighted by Crippen LogP contribution is -2.13. The molecule has 1 aromatic rings. The molecule has 14 heavy (non-hydrogen) atoms. The van der Waals surface area contributed by atoms with E-state index < -0.39 is 6.85 Å². The Morgan fingerprint density at radius 1 is 1.36 bits per heavy atom. The van der Waals surface area contributed by atoms with Crippen LogP contribution in [0.5, 0.6) is 0 Å². The molecule has 0 bridgehead atoms. The second-order valence-electron chi connectivity index (χ2n) is 3.14. The number of allylic oxidation sites excluding steroid dienone is 2. The normalized spacial score (nSPS) is 19.7. The standard InChI is InChI=1S/C13H13N/c1-11-8-9-13(14(2)10-11)12-6-4-3-5-7-12/h3-10H,2H2,1H3/i1D3. The van der Waals surface area contributed by atoms with Crippen LogP contribution in [0, 0.1) is 6.04 Å². The van der Waals surface area contributed by atoms with Crippen LogP contribution in [0.4, 0.5) is 0 Å². The fourth-order valence-electron chi connectivity index (χ4n) is 1.42. The first-order valence-electron chi connectivity index (χ1n) is 5.91. The van der Waals surface area contributed by atoms with Crippen LogP contribution in [0.25, 0.3) is 0 Å². The molecule has 1 heteroatoms. The highest BCUT2D eigenvalue weighted by Gasteiger charge is 2.14. The second-order valence-corrected chi connectivity index (χ2v) is 3.14. The molecule has 70 valence electrons. The zero-order valence-corrected chi connectivity index (χ0v) is 7.77. The minimum Gasteiger partial charge on any atom is -0.255 e. The predicted octanol–water partition coefficient (Wildman–Crippen LogP) is 2.75. The average molecular weight is 186 g/mol. The van der Waals surface area contributed by atoms with Crippen LogP contribution in [0.2, 0.25) is 0 Å². The van der Waals surface area contributed by atoms with Crippen molar-refractivity contribution in [3.05, 3.63) is 65.9 Å². The summed E-state index contributed by atoms with van der Waals surface area (Å²) in [7, 11) is 0. The molecule has 1 aliphatic heterocycles. The number of nitrogens with zero attached hydrogens (tertiary/aromatic N) is 1. The van der Waals surface area contributed by atoms with Gasteiger partial charge < -0.3 is 0 Å². The van der Waals surface area contributed by atoms with E-state index in [4.69, 9.17) is 4.11 Å². The molecule has 2 rings (SSSR count). The molecule has 0 spiro atoms. The number of rotatable bonds is 1. The van der Waals surface area contributed by atoms with Gasteiger partial charge in [-0.3, -0.25) is 4.58 Å². The molecular weight excluding hydrogens is 170 g/mol. The van der Waals surface area contributed by atoms with Gasteiger partial charge in [-0.05, 0) is 24.1 Å². The highest BCUT2D eigenvalue weighted by atomic mass is 15.0. The van der Waals surface area contributed by atoms with Gasteiger partial charge in [-0.25, -0.2) is 0 Å². The highest BCUT2D eigenvalue weighted by Crippen LogP contribution is 2.21. The van der Waals surface area contributed by atoms with Gasteiger partial charge in [0.1, 0.15) is 12.2 Å². The van der Waals surface area contributed by atoms with Crippen molar-refractivity contribution in [3.8, 4) is 0 Å². The third-order valence-electron chi connectivity index (χ3n) is 2.09. The molecule has 1 nitrogen and oxygen atoms in total. The number of hydrogen-bond acceptors (Lipinski definition) is 0. The molecule has 0 saturated heterocycles. The quantitative estimate of drug-likeness (QED) is 0.468.